The lowest BCUT2D eigenvalue weighted by atomic mass is 10.2. The van der Waals surface area contributed by atoms with E-state index < -0.39 is 0 Å². The van der Waals surface area contributed by atoms with Crippen molar-refractivity contribution in [3.63, 3.8) is 0 Å². The quantitative estimate of drug-likeness (QED) is 0.627. The SMILES string of the molecule is CN=C(NCc1nccs1)NC1CC(=O)N(c2cccc(OC)c2)C1. The van der Waals surface area contributed by atoms with Gasteiger partial charge in [0.15, 0.2) is 5.96 Å². The van der Waals surface area contributed by atoms with Crippen LogP contribution < -0.4 is 20.3 Å². The molecule has 8 heteroatoms. The first-order chi connectivity index (χ1) is 12.2. The molecule has 1 atom stereocenters. The standard InChI is InChI=1S/C17H21N5O2S/c1-18-17(20-10-15-19-6-7-25-15)21-12-8-16(23)22(11-12)13-4-3-5-14(9-13)24-2/h3-7,9,12H,8,10-11H2,1-2H3,(H2,18,20,21). The molecule has 1 aromatic heterocycles. The molecule has 7 nitrogen and oxygen atoms in total. The summed E-state index contributed by atoms with van der Waals surface area (Å²) in [5.41, 5.74) is 0.847. The number of carbonyl (C=O) groups is 1. The Kier molecular flexibility index (Phi) is 5.49. The van der Waals surface area contributed by atoms with E-state index in [1.807, 2.05) is 29.6 Å². The molecule has 2 heterocycles. The second kappa shape index (κ2) is 7.98. The number of rotatable bonds is 5. The lowest BCUT2D eigenvalue weighted by Gasteiger charge is -2.19. The number of ether oxygens (including phenoxy) is 1. The van der Waals surface area contributed by atoms with E-state index in [-0.39, 0.29) is 11.9 Å². The van der Waals surface area contributed by atoms with Gasteiger partial charge in [0.1, 0.15) is 10.8 Å². The summed E-state index contributed by atoms with van der Waals surface area (Å²) in [6.45, 7) is 1.20. The fraction of sp³-hybridized carbons (Fsp3) is 0.353. The van der Waals surface area contributed by atoms with Crippen molar-refractivity contribution in [1.29, 1.82) is 0 Å². The molecule has 0 spiro atoms. The minimum absolute atomic E-state index is 0.00111. The molecule has 1 saturated heterocycles. The molecule has 2 N–H and O–H groups in total. The fourth-order valence-electron chi connectivity index (χ4n) is 2.72. The van der Waals surface area contributed by atoms with Crippen molar-refractivity contribution < 1.29 is 9.53 Å². The number of amides is 1. The van der Waals surface area contributed by atoms with Gasteiger partial charge in [-0.05, 0) is 12.1 Å². The molecule has 25 heavy (non-hydrogen) atoms. The number of guanidine groups is 1. The highest BCUT2D eigenvalue weighted by molar-refractivity contribution is 7.09. The number of aromatic nitrogens is 1. The van der Waals surface area contributed by atoms with Gasteiger partial charge < -0.3 is 20.3 Å². The maximum absolute atomic E-state index is 12.4. The number of anilines is 1. The summed E-state index contributed by atoms with van der Waals surface area (Å²) in [6.07, 6.45) is 2.20. The van der Waals surface area contributed by atoms with Crippen LogP contribution in [0.25, 0.3) is 0 Å². The van der Waals surface area contributed by atoms with E-state index in [0.717, 1.165) is 16.4 Å². The second-order valence-corrected chi connectivity index (χ2v) is 6.58. The molecule has 1 unspecified atom stereocenters. The monoisotopic (exact) mass is 359 g/mol. The van der Waals surface area contributed by atoms with Crippen molar-refractivity contribution in [2.75, 3.05) is 25.6 Å². The van der Waals surface area contributed by atoms with Gasteiger partial charge in [-0.2, -0.15) is 0 Å². The Bertz CT molecular complexity index is 747. The molecule has 0 bridgehead atoms. The summed E-state index contributed by atoms with van der Waals surface area (Å²) in [5.74, 6) is 1.49. The molecular weight excluding hydrogens is 338 g/mol. The van der Waals surface area contributed by atoms with Crippen molar-refractivity contribution in [1.82, 2.24) is 15.6 Å². The molecule has 2 aromatic rings. The van der Waals surface area contributed by atoms with Gasteiger partial charge in [-0.1, -0.05) is 6.07 Å². The molecule has 1 aliphatic rings. The van der Waals surface area contributed by atoms with E-state index in [2.05, 4.69) is 20.6 Å². The van der Waals surface area contributed by atoms with Gasteiger partial charge in [-0.3, -0.25) is 9.79 Å². The van der Waals surface area contributed by atoms with Gasteiger partial charge in [0.2, 0.25) is 5.91 Å². The van der Waals surface area contributed by atoms with Crippen molar-refractivity contribution in [3.05, 3.63) is 40.8 Å². The Morgan fingerprint density at radius 2 is 2.40 bits per heavy atom. The third-order valence-electron chi connectivity index (χ3n) is 3.95. The number of methoxy groups -OCH3 is 1. The highest BCUT2D eigenvalue weighted by Gasteiger charge is 2.31. The maximum atomic E-state index is 12.4. The fourth-order valence-corrected chi connectivity index (χ4v) is 3.28. The van der Waals surface area contributed by atoms with Crippen molar-refractivity contribution >= 4 is 28.9 Å². The van der Waals surface area contributed by atoms with Crippen molar-refractivity contribution in [2.45, 2.75) is 19.0 Å². The van der Waals surface area contributed by atoms with Crippen LogP contribution in [0.1, 0.15) is 11.4 Å². The molecule has 1 amide bonds. The molecule has 0 aliphatic carbocycles. The van der Waals surface area contributed by atoms with E-state index in [4.69, 9.17) is 4.74 Å². The number of benzene rings is 1. The van der Waals surface area contributed by atoms with Gasteiger partial charge in [-0.25, -0.2) is 4.98 Å². The first-order valence-corrected chi connectivity index (χ1v) is 8.87. The summed E-state index contributed by atoms with van der Waals surface area (Å²) in [5, 5.41) is 9.46. The summed E-state index contributed by atoms with van der Waals surface area (Å²) < 4.78 is 5.24. The van der Waals surface area contributed by atoms with E-state index in [1.165, 1.54) is 0 Å². The Morgan fingerprint density at radius 1 is 1.52 bits per heavy atom. The average Bonchev–Trinajstić information content (AvgIpc) is 3.28. The largest absolute Gasteiger partial charge is 0.497 e. The Balaban J connectivity index is 1.59. The first kappa shape index (κ1) is 17.2. The molecule has 3 rings (SSSR count). The number of aliphatic imine (C=N–C) groups is 1. The molecule has 1 fully saturated rings. The molecular formula is C17H21N5O2S. The van der Waals surface area contributed by atoms with Crippen LogP contribution in [0.4, 0.5) is 5.69 Å². The third-order valence-corrected chi connectivity index (χ3v) is 4.72. The van der Waals surface area contributed by atoms with Crippen molar-refractivity contribution in [3.8, 4) is 5.75 Å². The number of hydrogen-bond donors (Lipinski definition) is 2. The number of nitrogens with one attached hydrogen (secondary N) is 2. The van der Waals surface area contributed by atoms with Crippen LogP contribution in [-0.4, -0.2) is 43.6 Å². The molecule has 1 aliphatic heterocycles. The van der Waals surface area contributed by atoms with Gasteiger partial charge in [-0.15, -0.1) is 11.3 Å². The Morgan fingerprint density at radius 3 is 3.12 bits per heavy atom. The van der Waals surface area contributed by atoms with Crippen LogP contribution in [-0.2, 0) is 11.3 Å². The van der Waals surface area contributed by atoms with Gasteiger partial charge in [0, 0.05) is 43.3 Å². The van der Waals surface area contributed by atoms with E-state index in [0.29, 0.717) is 25.5 Å². The number of carbonyl (C=O) groups excluding carboxylic acids is 1. The summed E-state index contributed by atoms with van der Waals surface area (Å²) in [6, 6.07) is 7.54. The number of hydrogen-bond acceptors (Lipinski definition) is 5. The van der Waals surface area contributed by atoms with Crippen LogP contribution in [0.3, 0.4) is 0 Å². The van der Waals surface area contributed by atoms with E-state index >= 15 is 0 Å². The first-order valence-electron chi connectivity index (χ1n) is 7.99. The van der Waals surface area contributed by atoms with Crippen LogP contribution >= 0.6 is 11.3 Å². The van der Waals surface area contributed by atoms with Crippen LogP contribution in [0.15, 0.2) is 40.8 Å². The predicted octanol–water partition coefficient (Wildman–Crippen LogP) is 1.62. The summed E-state index contributed by atoms with van der Waals surface area (Å²) in [7, 11) is 3.33. The Labute approximate surface area is 150 Å². The van der Waals surface area contributed by atoms with Crippen molar-refractivity contribution in [2.24, 2.45) is 4.99 Å². The van der Waals surface area contributed by atoms with Crippen LogP contribution in [0.2, 0.25) is 0 Å². The van der Waals surface area contributed by atoms with Crippen LogP contribution in [0.5, 0.6) is 5.75 Å². The predicted molar refractivity (Wildman–Crippen MR) is 99.2 cm³/mol. The lowest BCUT2D eigenvalue weighted by Crippen LogP contribution is -2.44. The molecule has 0 saturated carbocycles. The molecule has 132 valence electrons. The molecule has 0 radical (unpaired) electrons. The third kappa shape index (κ3) is 4.27. The highest BCUT2D eigenvalue weighted by Crippen LogP contribution is 2.25. The van der Waals surface area contributed by atoms with Gasteiger partial charge in [0.25, 0.3) is 0 Å². The zero-order chi connectivity index (χ0) is 17.6. The van der Waals surface area contributed by atoms with E-state index in [9.17, 15) is 4.79 Å². The van der Waals surface area contributed by atoms with Gasteiger partial charge >= 0.3 is 0 Å². The van der Waals surface area contributed by atoms with Gasteiger partial charge in [0.05, 0.1) is 19.7 Å². The zero-order valence-corrected chi connectivity index (χ0v) is 15.0. The molecule has 1 aromatic carbocycles. The zero-order valence-electron chi connectivity index (χ0n) is 14.2. The maximum Gasteiger partial charge on any atom is 0.229 e. The number of thiazole rings is 1. The minimum atomic E-state index is 0.00111. The minimum Gasteiger partial charge on any atom is -0.497 e. The lowest BCUT2D eigenvalue weighted by molar-refractivity contribution is -0.117. The number of nitrogens with zero attached hydrogens (tertiary/aromatic N) is 3. The van der Waals surface area contributed by atoms with Crippen LogP contribution in [0, 0.1) is 0 Å². The highest BCUT2D eigenvalue weighted by atomic mass is 32.1. The summed E-state index contributed by atoms with van der Waals surface area (Å²) in [4.78, 5) is 22.6. The van der Waals surface area contributed by atoms with E-state index in [1.54, 1.807) is 36.6 Å². The second-order valence-electron chi connectivity index (χ2n) is 5.60. The summed E-state index contributed by atoms with van der Waals surface area (Å²) >= 11 is 1.59. The topological polar surface area (TPSA) is 78.8 Å². The Hall–Kier alpha value is -2.61. The normalized spacial score (nSPS) is 17.7. The smallest absolute Gasteiger partial charge is 0.229 e. The average molecular weight is 359 g/mol.